The largest absolute Gasteiger partial charge is 0.347 e. The molecule has 114 valence electrons. The molecule has 0 bridgehead atoms. The number of carbonyl (C=O) groups excluding carboxylic acids is 2. The van der Waals surface area contributed by atoms with Crippen LogP contribution in [0.4, 0.5) is 0 Å². The fraction of sp³-hybridized carbons (Fsp3) is 0.571. The minimum atomic E-state index is -0.478. The molecular weight excluding hydrogens is 270 g/mol. The van der Waals surface area contributed by atoms with Gasteiger partial charge in [0.05, 0.1) is 17.0 Å². The number of piperazine rings is 1. The van der Waals surface area contributed by atoms with E-state index in [4.69, 9.17) is 0 Å². The first-order valence-corrected chi connectivity index (χ1v) is 6.95. The van der Waals surface area contributed by atoms with Gasteiger partial charge < -0.3 is 15.1 Å². The van der Waals surface area contributed by atoms with E-state index in [0.717, 1.165) is 0 Å². The Hall–Kier alpha value is -2.02. The molecular formula is C14H21N5O2. The molecule has 2 heterocycles. The zero-order valence-corrected chi connectivity index (χ0v) is 12.9. The van der Waals surface area contributed by atoms with Crippen LogP contribution in [0, 0.1) is 13.8 Å². The topological polar surface area (TPSA) is 78.4 Å². The van der Waals surface area contributed by atoms with Crippen LogP contribution in [-0.2, 0) is 4.79 Å². The van der Waals surface area contributed by atoms with Gasteiger partial charge in [-0.15, -0.1) is 0 Å². The van der Waals surface area contributed by atoms with Crippen molar-refractivity contribution in [1.82, 2.24) is 25.3 Å². The summed E-state index contributed by atoms with van der Waals surface area (Å²) in [5.74, 6) is -0.237. The van der Waals surface area contributed by atoms with Gasteiger partial charge in [0.2, 0.25) is 5.91 Å². The number of rotatable bonds is 2. The minimum Gasteiger partial charge on any atom is -0.347 e. The van der Waals surface area contributed by atoms with E-state index in [2.05, 4.69) is 15.5 Å². The van der Waals surface area contributed by atoms with Gasteiger partial charge in [0.15, 0.2) is 0 Å². The molecule has 1 aromatic rings. The van der Waals surface area contributed by atoms with Crippen molar-refractivity contribution in [2.45, 2.75) is 19.9 Å². The van der Waals surface area contributed by atoms with Crippen molar-refractivity contribution in [2.24, 2.45) is 0 Å². The van der Waals surface area contributed by atoms with Crippen molar-refractivity contribution >= 4 is 11.8 Å². The van der Waals surface area contributed by atoms with Crippen molar-refractivity contribution < 1.29 is 9.59 Å². The zero-order chi connectivity index (χ0) is 15.6. The quantitative estimate of drug-likeness (QED) is 0.802. The Kier molecular flexibility index (Phi) is 4.52. The summed E-state index contributed by atoms with van der Waals surface area (Å²) in [6.45, 7) is 5.21. The molecule has 1 atom stereocenters. The highest BCUT2D eigenvalue weighted by atomic mass is 16.2. The van der Waals surface area contributed by atoms with E-state index in [1.165, 1.54) is 4.90 Å². The number of aryl methyl sites for hydroxylation is 2. The van der Waals surface area contributed by atoms with Gasteiger partial charge in [-0.3, -0.25) is 9.59 Å². The molecule has 1 N–H and O–H groups in total. The molecule has 1 unspecified atom stereocenters. The number of nitrogens with zero attached hydrogens (tertiary/aromatic N) is 4. The molecule has 1 aliphatic heterocycles. The summed E-state index contributed by atoms with van der Waals surface area (Å²) in [6.07, 6.45) is 0. The van der Waals surface area contributed by atoms with Crippen molar-refractivity contribution in [3.8, 4) is 0 Å². The molecule has 7 nitrogen and oxygen atoms in total. The zero-order valence-electron chi connectivity index (χ0n) is 12.9. The second-order valence-electron chi connectivity index (χ2n) is 5.44. The minimum absolute atomic E-state index is 0.0769. The number of nitrogens with one attached hydrogen (secondary N) is 1. The van der Waals surface area contributed by atoms with Gasteiger partial charge in [0.25, 0.3) is 5.91 Å². The van der Waals surface area contributed by atoms with Crippen molar-refractivity contribution in [1.29, 1.82) is 0 Å². The highest BCUT2D eigenvalue weighted by molar-refractivity contribution is 5.98. The van der Waals surface area contributed by atoms with Gasteiger partial charge in [0, 0.05) is 33.7 Å². The van der Waals surface area contributed by atoms with Crippen LogP contribution >= 0.6 is 0 Å². The first-order chi connectivity index (χ1) is 9.91. The predicted octanol–water partition coefficient (Wildman–Crippen LogP) is -0.404. The maximum atomic E-state index is 12.8. The lowest BCUT2D eigenvalue weighted by Gasteiger charge is -2.36. The third kappa shape index (κ3) is 3.18. The van der Waals surface area contributed by atoms with Gasteiger partial charge in [-0.25, -0.2) is 0 Å². The Bertz CT molecular complexity index is 558. The number of amides is 2. The molecule has 21 heavy (non-hydrogen) atoms. The maximum absolute atomic E-state index is 12.8. The average Bonchev–Trinajstić information content (AvgIpc) is 2.48. The predicted molar refractivity (Wildman–Crippen MR) is 77.9 cm³/mol. The third-order valence-corrected chi connectivity index (χ3v) is 3.56. The van der Waals surface area contributed by atoms with Crippen LogP contribution < -0.4 is 5.32 Å². The summed E-state index contributed by atoms with van der Waals surface area (Å²) < 4.78 is 0. The van der Waals surface area contributed by atoms with Crippen LogP contribution in [0.25, 0.3) is 0 Å². The Morgan fingerprint density at radius 1 is 1.33 bits per heavy atom. The lowest BCUT2D eigenvalue weighted by atomic mass is 10.1. The van der Waals surface area contributed by atoms with Crippen LogP contribution in [0.3, 0.4) is 0 Å². The summed E-state index contributed by atoms with van der Waals surface area (Å²) >= 11 is 0. The van der Waals surface area contributed by atoms with E-state index < -0.39 is 6.04 Å². The highest BCUT2D eigenvalue weighted by Gasteiger charge is 2.34. The van der Waals surface area contributed by atoms with Crippen LogP contribution in [0.1, 0.15) is 21.7 Å². The van der Waals surface area contributed by atoms with E-state index in [1.807, 2.05) is 0 Å². The molecule has 1 aromatic heterocycles. The molecule has 1 saturated heterocycles. The standard InChI is InChI=1S/C14H21N5O2/c1-9-7-11(10(2)17-16-9)13(20)19-6-5-15-8-12(19)14(21)18(3)4/h7,12,15H,5-6,8H2,1-4H3. The molecule has 1 fully saturated rings. The Morgan fingerprint density at radius 3 is 2.71 bits per heavy atom. The first kappa shape index (κ1) is 15.4. The Labute approximate surface area is 124 Å². The highest BCUT2D eigenvalue weighted by Crippen LogP contribution is 2.14. The van der Waals surface area contributed by atoms with E-state index in [1.54, 1.807) is 38.9 Å². The van der Waals surface area contributed by atoms with Crippen LogP contribution in [0.15, 0.2) is 6.07 Å². The van der Waals surface area contributed by atoms with Crippen LogP contribution in [0.5, 0.6) is 0 Å². The fourth-order valence-corrected chi connectivity index (χ4v) is 2.39. The molecule has 0 radical (unpaired) electrons. The molecule has 0 saturated carbocycles. The van der Waals surface area contributed by atoms with Crippen LogP contribution in [-0.4, -0.2) is 71.6 Å². The molecule has 1 aliphatic rings. The summed E-state index contributed by atoms with van der Waals surface area (Å²) in [5, 5.41) is 11.1. The molecule has 2 amide bonds. The summed E-state index contributed by atoms with van der Waals surface area (Å²) in [7, 11) is 3.39. The molecule has 0 aromatic carbocycles. The second kappa shape index (κ2) is 6.17. The van der Waals surface area contributed by atoms with E-state index >= 15 is 0 Å². The van der Waals surface area contributed by atoms with Gasteiger partial charge >= 0.3 is 0 Å². The smallest absolute Gasteiger partial charge is 0.256 e. The van der Waals surface area contributed by atoms with Gasteiger partial charge in [-0.2, -0.15) is 10.2 Å². The van der Waals surface area contributed by atoms with E-state index in [0.29, 0.717) is 36.6 Å². The first-order valence-electron chi connectivity index (χ1n) is 6.95. The lowest BCUT2D eigenvalue weighted by molar-refractivity contribution is -0.134. The van der Waals surface area contributed by atoms with Crippen LogP contribution in [0.2, 0.25) is 0 Å². The summed E-state index contributed by atoms with van der Waals surface area (Å²) in [6, 6.07) is 1.25. The summed E-state index contributed by atoms with van der Waals surface area (Å²) in [5.41, 5.74) is 1.79. The lowest BCUT2D eigenvalue weighted by Crippen LogP contribution is -2.59. The third-order valence-electron chi connectivity index (χ3n) is 3.56. The monoisotopic (exact) mass is 291 g/mol. The summed E-state index contributed by atoms with van der Waals surface area (Å²) in [4.78, 5) is 28.2. The SMILES string of the molecule is Cc1cc(C(=O)N2CCNCC2C(=O)N(C)C)c(C)nn1. The van der Waals surface area contributed by atoms with Gasteiger partial charge in [-0.1, -0.05) is 0 Å². The van der Waals surface area contributed by atoms with E-state index in [9.17, 15) is 9.59 Å². The number of hydrogen-bond donors (Lipinski definition) is 1. The normalized spacial score (nSPS) is 18.5. The fourth-order valence-electron chi connectivity index (χ4n) is 2.39. The van der Waals surface area contributed by atoms with Crippen molar-refractivity contribution in [2.75, 3.05) is 33.7 Å². The van der Waals surface area contributed by atoms with E-state index in [-0.39, 0.29) is 11.8 Å². The molecule has 2 rings (SSSR count). The number of likely N-dealkylation sites (N-methyl/N-ethyl adjacent to an activating group) is 1. The number of aromatic nitrogens is 2. The molecule has 0 aliphatic carbocycles. The van der Waals surface area contributed by atoms with Crippen molar-refractivity contribution in [3.05, 3.63) is 23.0 Å². The second-order valence-corrected chi connectivity index (χ2v) is 5.44. The Morgan fingerprint density at radius 2 is 2.05 bits per heavy atom. The van der Waals surface area contributed by atoms with Gasteiger partial charge in [0.1, 0.15) is 6.04 Å². The average molecular weight is 291 g/mol. The Balaban J connectivity index is 2.30. The molecule has 7 heteroatoms. The number of hydrogen-bond acceptors (Lipinski definition) is 5. The maximum Gasteiger partial charge on any atom is 0.256 e. The van der Waals surface area contributed by atoms with Crippen molar-refractivity contribution in [3.63, 3.8) is 0 Å². The van der Waals surface area contributed by atoms with Gasteiger partial charge in [-0.05, 0) is 19.9 Å². The molecule has 0 spiro atoms. The number of carbonyl (C=O) groups is 2.